The summed E-state index contributed by atoms with van der Waals surface area (Å²) in [5.74, 6) is -3.23. The summed E-state index contributed by atoms with van der Waals surface area (Å²) in [4.78, 5) is 53.0. The number of amides is 4. The monoisotopic (exact) mass is 616 g/mol. The number of hydrogen-bond acceptors (Lipinski definition) is 7. The molecule has 0 bridgehead atoms. The Morgan fingerprint density at radius 3 is 1.71 bits per heavy atom. The first-order valence-corrected chi connectivity index (χ1v) is 13.5. The van der Waals surface area contributed by atoms with Crippen LogP contribution in [0.2, 0.25) is 0 Å². The molecule has 2 aliphatic rings. The van der Waals surface area contributed by atoms with Crippen molar-refractivity contribution in [1.82, 2.24) is 4.90 Å². The third-order valence-electron chi connectivity index (χ3n) is 8.29. The number of imide groups is 2. The first kappa shape index (κ1) is 29.4. The van der Waals surface area contributed by atoms with Gasteiger partial charge in [-0.05, 0) is 85.1 Å². The molecule has 2 aliphatic heterocycles. The Labute approximate surface area is 253 Å². The van der Waals surface area contributed by atoms with Crippen molar-refractivity contribution in [2.75, 3.05) is 11.9 Å². The average Bonchev–Trinajstić information content (AvgIpc) is 3.37. The molecule has 2 N–H and O–H groups in total. The highest BCUT2D eigenvalue weighted by Gasteiger charge is 2.54. The van der Waals surface area contributed by atoms with Crippen molar-refractivity contribution in [3.8, 4) is 23.0 Å². The van der Waals surface area contributed by atoms with Crippen molar-refractivity contribution in [3.05, 3.63) is 112 Å². The molecule has 0 radical (unpaired) electrons. The van der Waals surface area contributed by atoms with Crippen LogP contribution < -0.4 is 9.64 Å². The SMILES string of the molecule is Cc1cc(C(C)(c2ccc(O)c(N3C(=O)c4ccc(Oc5ccc6c(c5)C(=O)N(C)C6=O)cc4C3=O)c2)C(F)(F)F)ccc1O. The lowest BCUT2D eigenvalue weighted by molar-refractivity contribution is -0.173. The minimum Gasteiger partial charge on any atom is -0.508 e. The summed E-state index contributed by atoms with van der Waals surface area (Å²) in [7, 11) is 1.35. The number of phenols is 2. The molecule has 2 heterocycles. The van der Waals surface area contributed by atoms with E-state index in [2.05, 4.69) is 0 Å². The molecular weight excluding hydrogens is 593 g/mol. The molecule has 1 unspecified atom stereocenters. The second-order valence-corrected chi connectivity index (χ2v) is 11.0. The predicted octanol–water partition coefficient (Wildman–Crippen LogP) is 6.09. The zero-order valence-corrected chi connectivity index (χ0v) is 23.9. The fourth-order valence-electron chi connectivity index (χ4n) is 5.52. The number of aryl methyl sites for hydroxylation is 1. The van der Waals surface area contributed by atoms with Gasteiger partial charge in [0, 0.05) is 7.05 Å². The maximum Gasteiger partial charge on any atom is 0.402 e. The molecule has 0 aromatic heterocycles. The minimum atomic E-state index is -4.86. The molecule has 6 rings (SSSR count). The highest BCUT2D eigenvalue weighted by molar-refractivity contribution is 6.35. The quantitative estimate of drug-likeness (QED) is 0.260. The summed E-state index contributed by atoms with van der Waals surface area (Å²) < 4.78 is 50.0. The second-order valence-electron chi connectivity index (χ2n) is 11.0. The van der Waals surface area contributed by atoms with E-state index in [9.17, 15) is 42.6 Å². The molecule has 4 amide bonds. The Kier molecular flexibility index (Phi) is 6.50. The van der Waals surface area contributed by atoms with E-state index in [0.29, 0.717) is 4.90 Å². The number of ether oxygens (including phenoxy) is 1. The number of carbonyl (C=O) groups is 4. The van der Waals surface area contributed by atoms with Crippen molar-refractivity contribution in [1.29, 1.82) is 0 Å². The first-order chi connectivity index (χ1) is 21.1. The molecule has 4 aromatic carbocycles. The van der Waals surface area contributed by atoms with Crippen molar-refractivity contribution in [3.63, 3.8) is 0 Å². The van der Waals surface area contributed by atoms with Gasteiger partial charge in [0.05, 0.1) is 27.9 Å². The number of phenolic OH excluding ortho intramolecular Hbond substituents is 2. The van der Waals surface area contributed by atoms with Crippen LogP contribution in [-0.4, -0.2) is 52.0 Å². The van der Waals surface area contributed by atoms with Crippen LogP contribution in [0.5, 0.6) is 23.0 Å². The van der Waals surface area contributed by atoms with E-state index in [4.69, 9.17) is 4.74 Å². The van der Waals surface area contributed by atoms with Gasteiger partial charge in [-0.3, -0.25) is 24.1 Å². The van der Waals surface area contributed by atoms with Gasteiger partial charge in [-0.25, -0.2) is 4.90 Å². The summed E-state index contributed by atoms with van der Waals surface area (Å²) in [5, 5.41) is 20.6. The van der Waals surface area contributed by atoms with Crippen LogP contribution in [0.25, 0.3) is 0 Å². The maximum atomic E-state index is 14.7. The van der Waals surface area contributed by atoms with Crippen LogP contribution in [0, 0.1) is 6.92 Å². The van der Waals surface area contributed by atoms with Crippen molar-refractivity contribution in [2.24, 2.45) is 0 Å². The van der Waals surface area contributed by atoms with E-state index >= 15 is 0 Å². The van der Waals surface area contributed by atoms with Crippen LogP contribution in [0.3, 0.4) is 0 Å². The van der Waals surface area contributed by atoms with Gasteiger partial charge >= 0.3 is 6.18 Å². The molecule has 0 fully saturated rings. The molecule has 0 saturated heterocycles. The smallest absolute Gasteiger partial charge is 0.402 e. The Bertz CT molecular complexity index is 1990. The van der Waals surface area contributed by atoms with Crippen LogP contribution in [-0.2, 0) is 5.41 Å². The lowest BCUT2D eigenvalue weighted by Gasteiger charge is -2.34. The molecule has 12 heteroatoms. The molecule has 0 spiro atoms. The van der Waals surface area contributed by atoms with E-state index in [-0.39, 0.29) is 56.2 Å². The number of alkyl halides is 3. The van der Waals surface area contributed by atoms with Crippen molar-refractivity contribution in [2.45, 2.75) is 25.4 Å². The van der Waals surface area contributed by atoms with Crippen LogP contribution in [0.1, 0.15) is 65.0 Å². The zero-order chi connectivity index (χ0) is 32.6. The fraction of sp³-hybridized carbons (Fsp3) is 0.152. The summed E-state index contributed by atoms with van der Waals surface area (Å²) in [6.07, 6.45) is -4.86. The summed E-state index contributed by atoms with van der Waals surface area (Å²) in [6, 6.07) is 14.7. The predicted molar refractivity (Wildman–Crippen MR) is 154 cm³/mol. The first-order valence-electron chi connectivity index (χ1n) is 13.5. The van der Waals surface area contributed by atoms with E-state index < -0.39 is 46.7 Å². The number of anilines is 1. The van der Waals surface area contributed by atoms with Gasteiger partial charge in [0.25, 0.3) is 23.6 Å². The Balaban J connectivity index is 1.35. The highest BCUT2D eigenvalue weighted by Crippen LogP contribution is 2.49. The number of fused-ring (bicyclic) bond motifs is 2. The molecule has 45 heavy (non-hydrogen) atoms. The molecule has 4 aromatic rings. The summed E-state index contributed by atoms with van der Waals surface area (Å²) in [6.45, 7) is 2.39. The molecule has 1 atom stereocenters. The molecular formula is C33H23F3N2O7. The number of benzene rings is 4. The Hall–Kier alpha value is -5.65. The zero-order valence-electron chi connectivity index (χ0n) is 23.9. The van der Waals surface area contributed by atoms with E-state index in [1.54, 1.807) is 0 Å². The standard InChI is InChI=1S/C33H23F3N2O7/c1-16-12-17(4-10-26(16)39)32(2,33(34,35)36)18-5-11-27(40)25(13-18)38-30(43)22-9-7-20(15-24(22)31(38)44)45-19-6-8-21-23(14-19)29(42)37(3)28(21)41/h4-15,39-40H,1-3H3. The number of rotatable bonds is 5. The number of hydrogen-bond donors (Lipinski definition) is 2. The van der Waals surface area contributed by atoms with Crippen molar-refractivity contribution < 1.29 is 47.3 Å². The van der Waals surface area contributed by atoms with Gasteiger partial charge in [-0.1, -0.05) is 18.2 Å². The fourth-order valence-corrected chi connectivity index (χ4v) is 5.52. The van der Waals surface area contributed by atoms with Gasteiger partial charge in [-0.15, -0.1) is 0 Å². The molecule has 0 saturated carbocycles. The molecule has 9 nitrogen and oxygen atoms in total. The highest BCUT2D eigenvalue weighted by atomic mass is 19.4. The molecule has 228 valence electrons. The maximum absolute atomic E-state index is 14.7. The van der Waals surface area contributed by atoms with Crippen molar-refractivity contribution >= 4 is 29.3 Å². The Morgan fingerprint density at radius 1 is 0.644 bits per heavy atom. The van der Waals surface area contributed by atoms with Gasteiger partial charge in [0.1, 0.15) is 28.4 Å². The third-order valence-corrected chi connectivity index (χ3v) is 8.29. The Morgan fingerprint density at radius 2 is 1.13 bits per heavy atom. The number of carbonyl (C=O) groups excluding carboxylic acids is 4. The lowest BCUT2D eigenvalue weighted by Crippen LogP contribution is -2.41. The van der Waals surface area contributed by atoms with Gasteiger partial charge in [-0.2, -0.15) is 13.2 Å². The number of nitrogens with zero attached hydrogens (tertiary/aromatic N) is 2. The van der Waals surface area contributed by atoms with Gasteiger partial charge in [0.2, 0.25) is 0 Å². The van der Waals surface area contributed by atoms with E-state index in [1.165, 1.54) is 56.4 Å². The van der Waals surface area contributed by atoms with E-state index in [0.717, 1.165) is 42.2 Å². The molecule has 0 aliphatic carbocycles. The lowest BCUT2D eigenvalue weighted by atomic mass is 9.75. The topological polar surface area (TPSA) is 124 Å². The van der Waals surface area contributed by atoms with Gasteiger partial charge < -0.3 is 14.9 Å². The summed E-state index contributed by atoms with van der Waals surface area (Å²) >= 11 is 0. The number of aromatic hydroxyl groups is 2. The number of halogens is 3. The van der Waals surface area contributed by atoms with E-state index in [1.807, 2.05) is 0 Å². The van der Waals surface area contributed by atoms with Gasteiger partial charge in [0.15, 0.2) is 0 Å². The third kappa shape index (κ3) is 4.40. The van der Waals surface area contributed by atoms with Crippen LogP contribution in [0.15, 0.2) is 72.8 Å². The largest absolute Gasteiger partial charge is 0.508 e. The summed E-state index contributed by atoms with van der Waals surface area (Å²) in [5.41, 5.74) is -3.27. The van der Waals surface area contributed by atoms with Crippen LogP contribution in [0.4, 0.5) is 18.9 Å². The minimum absolute atomic E-state index is 0.0683. The average molecular weight is 617 g/mol. The normalized spacial score (nSPS) is 15.8. The van der Waals surface area contributed by atoms with Crippen LogP contribution >= 0.6 is 0 Å². The second kappa shape index (κ2) is 9.94.